The summed E-state index contributed by atoms with van der Waals surface area (Å²) >= 11 is 0. The first-order valence-corrected chi connectivity index (χ1v) is 7.27. The number of hydrogen-bond acceptors (Lipinski definition) is 2. The van der Waals surface area contributed by atoms with Crippen LogP contribution in [0.5, 0.6) is 0 Å². The number of nitrogens with zero attached hydrogens (tertiary/aromatic N) is 3. The Morgan fingerprint density at radius 2 is 2.05 bits per heavy atom. The smallest absolute Gasteiger partial charge is 0.232 e. The van der Waals surface area contributed by atoms with Crippen molar-refractivity contribution < 1.29 is 13.6 Å². The van der Waals surface area contributed by atoms with Crippen LogP contribution >= 0.6 is 0 Å². The molecule has 1 aromatic carbocycles. The minimum Gasteiger partial charge on any atom is -0.294 e. The fraction of sp³-hybridized carbons (Fsp3) is 0.375. The van der Waals surface area contributed by atoms with Gasteiger partial charge >= 0.3 is 0 Å². The van der Waals surface area contributed by atoms with E-state index in [0.29, 0.717) is 5.82 Å². The molecule has 0 saturated heterocycles. The topological polar surface area (TPSA) is 38.1 Å². The Bertz CT molecular complexity index is 713. The Balaban J connectivity index is 1.89. The normalized spacial score (nSPS) is 20.8. The molecule has 0 radical (unpaired) electrons. The molecule has 3 rings (SSSR count). The highest BCUT2D eigenvalue weighted by atomic mass is 19.1. The first-order valence-electron chi connectivity index (χ1n) is 7.27. The lowest BCUT2D eigenvalue weighted by Gasteiger charge is -2.37. The lowest BCUT2D eigenvalue weighted by molar-refractivity contribution is -0.118. The molecule has 0 bridgehead atoms. The second-order valence-corrected chi connectivity index (χ2v) is 5.74. The van der Waals surface area contributed by atoms with Gasteiger partial charge in [-0.1, -0.05) is 0 Å². The molecule has 0 saturated carbocycles. The fourth-order valence-corrected chi connectivity index (χ4v) is 3.06. The van der Waals surface area contributed by atoms with Crippen molar-refractivity contribution in [1.29, 1.82) is 0 Å². The molecule has 6 heteroatoms. The van der Waals surface area contributed by atoms with Crippen molar-refractivity contribution in [3.8, 4) is 0 Å². The molecule has 1 aliphatic heterocycles. The number of aromatic nitrogens is 2. The average Bonchev–Trinajstić information content (AvgIpc) is 2.92. The summed E-state index contributed by atoms with van der Waals surface area (Å²) in [4.78, 5) is 14.2. The van der Waals surface area contributed by atoms with Crippen molar-refractivity contribution >= 4 is 11.7 Å². The molecule has 0 aliphatic carbocycles. The van der Waals surface area contributed by atoms with Gasteiger partial charge in [-0.2, -0.15) is 5.10 Å². The van der Waals surface area contributed by atoms with Gasteiger partial charge in [0.15, 0.2) is 0 Å². The Morgan fingerprint density at radius 3 is 2.82 bits per heavy atom. The van der Waals surface area contributed by atoms with E-state index in [1.807, 2.05) is 13.8 Å². The van der Waals surface area contributed by atoms with Crippen molar-refractivity contribution in [3.05, 3.63) is 47.7 Å². The molecule has 4 nitrogen and oxygen atoms in total. The molecular formula is C16H17F2N3O. The lowest BCUT2D eigenvalue weighted by Crippen LogP contribution is -2.45. The monoisotopic (exact) mass is 305 g/mol. The minimum atomic E-state index is -0.568. The maximum Gasteiger partial charge on any atom is 0.232 e. The molecule has 1 aromatic heterocycles. The summed E-state index contributed by atoms with van der Waals surface area (Å²) in [5.74, 6) is -0.672. The SMILES string of the molecule is CC1CC(C)n2nccc2N1C(=O)Cc1cc(F)ccc1F. The highest BCUT2D eigenvalue weighted by Crippen LogP contribution is 2.31. The predicted molar refractivity (Wildman–Crippen MR) is 78.6 cm³/mol. The van der Waals surface area contributed by atoms with Crippen LogP contribution in [0.1, 0.15) is 31.9 Å². The third-order valence-corrected chi connectivity index (χ3v) is 4.05. The average molecular weight is 305 g/mol. The molecule has 0 spiro atoms. The molecule has 2 heterocycles. The molecule has 2 unspecified atom stereocenters. The summed E-state index contributed by atoms with van der Waals surface area (Å²) in [6.07, 6.45) is 2.24. The van der Waals surface area contributed by atoms with E-state index in [4.69, 9.17) is 0 Å². The van der Waals surface area contributed by atoms with Crippen LogP contribution in [-0.2, 0) is 11.2 Å². The molecule has 0 fully saturated rings. The van der Waals surface area contributed by atoms with Crippen molar-refractivity contribution in [2.75, 3.05) is 4.90 Å². The number of carbonyl (C=O) groups excluding carboxylic acids is 1. The zero-order valence-corrected chi connectivity index (χ0v) is 12.5. The van der Waals surface area contributed by atoms with Gasteiger partial charge in [0.05, 0.1) is 18.7 Å². The third-order valence-electron chi connectivity index (χ3n) is 4.05. The van der Waals surface area contributed by atoms with Gasteiger partial charge < -0.3 is 0 Å². The summed E-state index contributed by atoms with van der Waals surface area (Å²) in [5, 5.41) is 4.23. The van der Waals surface area contributed by atoms with E-state index in [-0.39, 0.29) is 30.0 Å². The van der Waals surface area contributed by atoms with E-state index < -0.39 is 11.6 Å². The molecule has 1 aliphatic rings. The number of fused-ring (bicyclic) bond motifs is 1. The number of carbonyl (C=O) groups is 1. The summed E-state index contributed by atoms with van der Waals surface area (Å²) in [6, 6.07) is 5.12. The van der Waals surface area contributed by atoms with E-state index in [0.717, 1.165) is 24.6 Å². The molecule has 22 heavy (non-hydrogen) atoms. The largest absolute Gasteiger partial charge is 0.294 e. The van der Waals surface area contributed by atoms with Crippen LogP contribution in [0.25, 0.3) is 0 Å². The molecule has 2 aromatic rings. The number of benzene rings is 1. The maximum absolute atomic E-state index is 13.7. The van der Waals surface area contributed by atoms with Crippen LogP contribution < -0.4 is 4.90 Å². The van der Waals surface area contributed by atoms with Crippen molar-refractivity contribution in [1.82, 2.24) is 9.78 Å². The van der Waals surface area contributed by atoms with Crippen molar-refractivity contribution in [2.24, 2.45) is 0 Å². The van der Waals surface area contributed by atoms with E-state index in [1.165, 1.54) is 0 Å². The predicted octanol–water partition coefficient (Wildman–Crippen LogP) is 3.09. The third kappa shape index (κ3) is 2.49. The zero-order valence-electron chi connectivity index (χ0n) is 12.5. The quantitative estimate of drug-likeness (QED) is 0.855. The van der Waals surface area contributed by atoms with Crippen molar-refractivity contribution in [2.45, 2.75) is 38.8 Å². The Hall–Kier alpha value is -2.24. The summed E-state index contributed by atoms with van der Waals surface area (Å²) in [5.41, 5.74) is 0.0712. The fourth-order valence-electron chi connectivity index (χ4n) is 3.06. The van der Waals surface area contributed by atoms with E-state index in [9.17, 15) is 13.6 Å². The van der Waals surface area contributed by atoms with Crippen LogP contribution in [0.2, 0.25) is 0 Å². The first-order chi connectivity index (χ1) is 10.5. The first kappa shape index (κ1) is 14.7. The van der Waals surface area contributed by atoms with Crippen LogP contribution in [0.4, 0.5) is 14.6 Å². The lowest BCUT2D eigenvalue weighted by atomic mass is 10.0. The second kappa shape index (κ2) is 5.51. The van der Waals surface area contributed by atoms with E-state index >= 15 is 0 Å². The highest BCUT2D eigenvalue weighted by Gasteiger charge is 2.32. The summed E-state index contributed by atoms with van der Waals surface area (Å²) < 4.78 is 28.8. The van der Waals surface area contributed by atoms with Gasteiger partial charge in [0.1, 0.15) is 17.5 Å². The van der Waals surface area contributed by atoms with E-state index in [1.54, 1.807) is 21.8 Å². The van der Waals surface area contributed by atoms with Gasteiger partial charge in [0.25, 0.3) is 0 Å². The van der Waals surface area contributed by atoms with E-state index in [2.05, 4.69) is 5.10 Å². The Kier molecular flexibility index (Phi) is 3.68. The maximum atomic E-state index is 13.7. The van der Waals surface area contributed by atoms with Crippen LogP contribution in [0.15, 0.2) is 30.5 Å². The molecule has 1 amide bonds. The Labute approximate surface area is 127 Å². The summed E-state index contributed by atoms with van der Waals surface area (Å²) in [7, 11) is 0. The number of halogens is 2. The number of hydrogen-bond donors (Lipinski definition) is 0. The van der Waals surface area contributed by atoms with Crippen LogP contribution in [0, 0.1) is 11.6 Å². The molecular weight excluding hydrogens is 288 g/mol. The standard InChI is InChI=1S/C16H17F2N3O/c1-10-7-11(2)21-15(5-6-19-21)20(10)16(22)9-12-8-13(17)3-4-14(12)18/h3-6,8,10-11H,7,9H2,1-2H3. The van der Waals surface area contributed by atoms with Crippen LogP contribution in [-0.4, -0.2) is 21.7 Å². The van der Waals surface area contributed by atoms with Gasteiger partial charge in [-0.3, -0.25) is 9.69 Å². The Morgan fingerprint density at radius 1 is 1.27 bits per heavy atom. The highest BCUT2D eigenvalue weighted by molar-refractivity contribution is 5.94. The molecule has 0 N–H and O–H groups in total. The van der Waals surface area contributed by atoms with Gasteiger partial charge in [-0.25, -0.2) is 13.5 Å². The van der Waals surface area contributed by atoms with Gasteiger partial charge in [-0.05, 0) is 38.5 Å². The molecule has 2 atom stereocenters. The summed E-state index contributed by atoms with van der Waals surface area (Å²) in [6.45, 7) is 3.99. The minimum absolute atomic E-state index is 0.0108. The van der Waals surface area contributed by atoms with Crippen molar-refractivity contribution in [3.63, 3.8) is 0 Å². The van der Waals surface area contributed by atoms with Gasteiger partial charge in [-0.15, -0.1) is 0 Å². The second-order valence-electron chi connectivity index (χ2n) is 5.74. The van der Waals surface area contributed by atoms with Gasteiger partial charge in [0, 0.05) is 17.7 Å². The zero-order chi connectivity index (χ0) is 15.9. The number of anilines is 1. The number of rotatable bonds is 2. The van der Waals surface area contributed by atoms with Gasteiger partial charge in [0.2, 0.25) is 5.91 Å². The van der Waals surface area contributed by atoms with Crippen LogP contribution in [0.3, 0.4) is 0 Å². The molecule has 116 valence electrons. The number of amides is 1.